The molecular formula is C15H16N4. The molecule has 3 rings (SSSR count). The molecule has 2 heterocycles. The number of pyridine rings is 1. The van der Waals surface area contributed by atoms with Crippen molar-refractivity contribution < 1.29 is 0 Å². The van der Waals surface area contributed by atoms with Crippen molar-refractivity contribution in [3.05, 3.63) is 65.6 Å². The van der Waals surface area contributed by atoms with Crippen LogP contribution >= 0.6 is 0 Å². The lowest BCUT2D eigenvalue weighted by Crippen LogP contribution is -2.36. The van der Waals surface area contributed by atoms with Crippen LogP contribution in [0.1, 0.15) is 23.9 Å². The smallest absolute Gasteiger partial charge is 0.161 e. The molecule has 0 aliphatic heterocycles. The van der Waals surface area contributed by atoms with Crippen LogP contribution in [-0.2, 0) is 5.54 Å². The molecule has 0 bridgehead atoms. The van der Waals surface area contributed by atoms with Crippen LogP contribution in [0.5, 0.6) is 0 Å². The van der Waals surface area contributed by atoms with E-state index in [0.717, 1.165) is 22.6 Å². The summed E-state index contributed by atoms with van der Waals surface area (Å²) in [6.45, 7) is 3.99. The molecule has 2 N–H and O–H groups in total. The van der Waals surface area contributed by atoms with Crippen LogP contribution in [-0.4, -0.2) is 14.6 Å². The monoisotopic (exact) mass is 252 g/mol. The Morgan fingerprint density at radius 3 is 2.58 bits per heavy atom. The van der Waals surface area contributed by atoms with Gasteiger partial charge in [0.25, 0.3) is 0 Å². The minimum Gasteiger partial charge on any atom is -0.315 e. The molecule has 0 aliphatic rings. The van der Waals surface area contributed by atoms with E-state index in [-0.39, 0.29) is 0 Å². The van der Waals surface area contributed by atoms with Crippen LogP contribution in [0.4, 0.5) is 0 Å². The van der Waals surface area contributed by atoms with E-state index in [0.29, 0.717) is 0 Å². The molecule has 0 fully saturated rings. The fraction of sp³-hybridized carbons (Fsp3) is 0.200. The first-order valence-electron chi connectivity index (χ1n) is 6.25. The van der Waals surface area contributed by atoms with Gasteiger partial charge in [0.15, 0.2) is 11.5 Å². The molecule has 1 atom stereocenters. The molecule has 2 aromatic heterocycles. The molecule has 0 amide bonds. The third kappa shape index (κ3) is 1.90. The fourth-order valence-corrected chi connectivity index (χ4v) is 2.26. The fourth-order valence-electron chi connectivity index (χ4n) is 2.26. The van der Waals surface area contributed by atoms with Gasteiger partial charge in [-0.15, -0.1) is 10.2 Å². The standard InChI is InChI=1S/C15H16N4/c1-11-8-9-19-13(10-11)17-18-14(19)15(2,16)12-6-4-3-5-7-12/h3-10H,16H2,1-2H3. The highest BCUT2D eigenvalue weighted by molar-refractivity contribution is 5.43. The average Bonchev–Trinajstić information content (AvgIpc) is 2.83. The summed E-state index contributed by atoms with van der Waals surface area (Å²) in [7, 11) is 0. The number of hydrogen-bond donors (Lipinski definition) is 1. The van der Waals surface area contributed by atoms with Crippen molar-refractivity contribution in [2.24, 2.45) is 5.73 Å². The molecule has 4 heteroatoms. The first-order valence-corrected chi connectivity index (χ1v) is 6.25. The quantitative estimate of drug-likeness (QED) is 0.761. The maximum atomic E-state index is 6.48. The predicted octanol–water partition coefficient (Wildman–Crippen LogP) is 2.26. The van der Waals surface area contributed by atoms with Crippen LogP contribution in [0.2, 0.25) is 0 Å². The van der Waals surface area contributed by atoms with Gasteiger partial charge in [-0.3, -0.25) is 4.40 Å². The number of hydrogen-bond acceptors (Lipinski definition) is 3. The zero-order valence-corrected chi connectivity index (χ0v) is 11.0. The second-order valence-electron chi connectivity index (χ2n) is 5.02. The van der Waals surface area contributed by atoms with Crippen LogP contribution < -0.4 is 5.73 Å². The summed E-state index contributed by atoms with van der Waals surface area (Å²) in [5.74, 6) is 0.744. The molecule has 19 heavy (non-hydrogen) atoms. The highest BCUT2D eigenvalue weighted by atomic mass is 15.3. The first-order chi connectivity index (χ1) is 9.09. The van der Waals surface area contributed by atoms with Gasteiger partial charge in [-0.2, -0.15) is 0 Å². The SMILES string of the molecule is Cc1ccn2c(C(C)(N)c3ccccc3)nnc2c1. The summed E-state index contributed by atoms with van der Waals surface area (Å²) in [5.41, 5.74) is 8.81. The minimum atomic E-state index is -0.671. The summed E-state index contributed by atoms with van der Waals surface area (Å²) in [4.78, 5) is 0. The Labute approximate surface area is 111 Å². The van der Waals surface area contributed by atoms with Crippen LogP contribution in [0, 0.1) is 6.92 Å². The second-order valence-corrected chi connectivity index (χ2v) is 5.02. The Morgan fingerprint density at radius 2 is 1.84 bits per heavy atom. The van der Waals surface area contributed by atoms with Crippen LogP contribution in [0.15, 0.2) is 48.7 Å². The number of nitrogens with zero attached hydrogens (tertiary/aromatic N) is 3. The van der Waals surface area contributed by atoms with Crippen molar-refractivity contribution >= 4 is 5.65 Å². The number of fused-ring (bicyclic) bond motifs is 1. The second kappa shape index (κ2) is 4.17. The Kier molecular flexibility index (Phi) is 2.61. The van der Waals surface area contributed by atoms with Crippen molar-refractivity contribution in [3.63, 3.8) is 0 Å². The van der Waals surface area contributed by atoms with Crippen LogP contribution in [0.3, 0.4) is 0 Å². The molecule has 1 aromatic carbocycles. The number of aromatic nitrogens is 3. The van der Waals surface area contributed by atoms with Crippen LogP contribution in [0.25, 0.3) is 5.65 Å². The van der Waals surface area contributed by atoms with Crippen molar-refractivity contribution in [3.8, 4) is 0 Å². The first kappa shape index (κ1) is 11.9. The van der Waals surface area contributed by atoms with Gasteiger partial charge in [0.1, 0.15) is 0 Å². The van der Waals surface area contributed by atoms with Gasteiger partial charge < -0.3 is 5.73 Å². The zero-order chi connectivity index (χ0) is 13.5. The molecule has 4 nitrogen and oxygen atoms in total. The van der Waals surface area contributed by atoms with Crippen molar-refractivity contribution in [2.45, 2.75) is 19.4 Å². The predicted molar refractivity (Wildman–Crippen MR) is 74.8 cm³/mol. The van der Waals surface area contributed by atoms with E-state index in [2.05, 4.69) is 10.2 Å². The Bertz CT molecular complexity index is 713. The Hall–Kier alpha value is -2.20. The Balaban J connectivity index is 2.19. The molecule has 0 saturated heterocycles. The molecular weight excluding hydrogens is 236 g/mol. The summed E-state index contributed by atoms with van der Waals surface area (Å²) >= 11 is 0. The van der Waals surface area contributed by atoms with Gasteiger partial charge >= 0.3 is 0 Å². The maximum Gasteiger partial charge on any atom is 0.161 e. The van der Waals surface area contributed by atoms with Gasteiger partial charge in [0.05, 0.1) is 5.54 Å². The minimum absolute atomic E-state index is 0.671. The van der Waals surface area contributed by atoms with E-state index >= 15 is 0 Å². The molecule has 0 saturated carbocycles. The normalized spacial score (nSPS) is 14.5. The molecule has 0 radical (unpaired) electrons. The average molecular weight is 252 g/mol. The van der Waals surface area contributed by atoms with Gasteiger partial charge in [-0.25, -0.2) is 0 Å². The molecule has 0 aliphatic carbocycles. The number of nitrogens with two attached hydrogens (primary N) is 1. The van der Waals surface area contributed by atoms with E-state index < -0.39 is 5.54 Å². The van der Waals surface area contributed by atoms with E-state index in [1.807, 2.05) is 66.9 Å². The van der Waals surface area contributed by atoms with Gasteiger partial charge in [0, 0.05) is 6.20 Å². The maximum absolute atomic E-state index is 6.48. The molecule has 0 spiro atoms. The number of rotatable bonds is 2. The lowest BCUT2D eigenvalue weighted by atomic mass is 9.92. The summed E-state index contributed by atoms with van der Waals surface area (Å²) < 4.78 is 1.94. The van der Waals surface area contributed by atoms with Crippen molar-refractivity contribution in [2.75, 3.05) is 0 Å². The van der Waals surface area contributed by atoms with E-state index in [1.165, 1.54) is 0 Å². The number of aryl methyl sites for hydroxylation is 1. The Morgan fingerprint density at radius 1 is 1.11 bits per heavy atom. The molecule has 3 aromatic rings. The van der Waals surface area contributed by atoms with E-state index in [9.17, 15) is 0 Å². The van der Waals surface area contributed by atoms with Crippen molar-refractivity contribution in [1.82, 2.24) is 14.6 Å². The summed E-state index contributed by atoms with van der Waals surface area (Å²) in [6.07, 6.45) is 1.97. The largest absolute Gasteiger partial charge is 0.315 e. The van der Waals surface area contributed by atoms with E-state index in [1.54, 1.807) is 0 Å². The topological polar surface area (TPSA) is 56.2 Å². The highest BCUT2D eigenvalue weighted by Gasteiger charge is 2.29. The van der Waals surface area contributed by atoms with E-state index in [4.69, 9.17) is 5.73 Å². The van der Waals surface area contributed by atoms with Gasteiger partial charge in [0.2, 0.25) is 0 Å². The summed E-state index contributed by atoms with van der Waals surface area (Å²) in [6, 6.07) is 14.0. The molecule has 1 unspecified atom stereocenters. The lowest BCUT2D eigenvalue weighted by Gasteiger charge is -2.23. The number of benzene rings is 1. The third-order valence-electron chi connectivity index (χ3n) is 3.40. The highest BCUT2D eigenvalue weighted by Crippen LogP contribution is 2.25. The van der Waals surface area contributed by atoms with Gasteiger partial charge in [-0.05, 0) is 37.1 Å². The van der Waals surface area contributed by atoms with Gasteiger partial charge in [-0.1, -0.05) is 30.3 Å². The molecule has 96 valence electrons. The third-order valence-corrected chi connectivity index (χ3v) is 3.40. The summed E-state index contributed by atoms with van der Waals surface area (Å²) in [5, 5.41) is 8.48. The zero-order valence-electron chi connectivity index (χ0n) is 11.0. The lowest BCUT2D eigenvalue weighted by molar-refractivity contribution is 0.551. The van der Waals surface area contributed by atoms with Crippen molar-refractivity contribution in [1.29, 1.82) is 0 Å².